The van der Waals surface area contributed by atoms with Crippen LogP contribution in [0, 0.1) is 17.8 Å². The molecule has 4 saturated carbocycles. The summed E-state index contributed by atoms with van der Waals surface area (Å²) >= 11 is 0. The molecule has 0 spiro atoms. The second-order valence-electron chi connectivity index (χ2n) is 6.32. The molecule has 86 valence electrons. The predicted molar refractivity (Wildman–Crippen MR) is 62.3 cm³/mol. The normalized spacial score (nSPS) is 47.8. The third-order valence-corrected chi connectivity index (χ3v) is 4.94. The highest BCUT2D eigenvalue weighted by Crippen LogP contribution is 2.55. The third kappa shape index (κ3) is 1.72. The van der Waals surface area contributed by atoms with Crippen LogP contribution in [0.1, 0.15) is 45.4 Å². The maximum absolute atomic E-state index is 3.81. The smallest absolute Gasteiger partial charge is 0.0334 e. The van der Waals surface area contributed by atoms with Crippen LogP contribution in [-0.2, 0) is 0 Å². The highest BCUT2D eigenvalue weighted by atomic mass is 15.5. The number of hydrogen-bond acceptors (Lipinski definition) is 2. The van der Waals surface area contributed by atoms with E-state index in [0.717, 1.165) is 24.3 Å². The van der Waals surface area contributed by atoms with Crippen LogP contribution in [0.15, 0.2) is 0 Å². The molecule has 4 aliphatic rings. The summed E-state index contributed by atoms with van der Waals surface area (Å²) in [4.78, 5) is 0. The van der Waals surface area contributed by atoms with E-state index < -0.39 is 0 Å². The molecule has 0 unspecified atom stereocenters. The van der Waals surface area contributed by atoms with Gasteiger partial charge in [-0.3, -0.25) is 0 Å². The molecular weight excluding hydrogens is 184 g/mol. The first-order valence-corrected chi connectivity index (χ1v) is 6.68. The van der Waals surface area contributed by atoms with Crippen LogP contribution in [0.2, 0.25) is 0 Å². The Bertz CT molecular complexity index is 214. The summed E-state index contributed by atoms with van der Waals surface area (Å²) in [5, 5.41) is 2.30. The van der Waals surface area contributed by atoms with Gasteiger partial charge in [0.1, 0.15) is 0 Å². The molecule has 4 rings (SSSR count). The Morgan fingerprint density at radius 2 is 1.53 bits per heavy atom. The predicted octanol–water partition coefficient (Wildman–Crippen LogP) is 2.41. The van der Waals surface area contributed by atoms with Gasteiger partial charge in [0, 0.05) is 19.1 Å². The lowest BCUT2D eigenvalue weighted by atomic mass is 9.53. The molecule has 4 bridgehead atoms. The van der Waals surface area contributed by atoms with E-state index >= 15 is 0 Å². The van der Waals surface area contributed by atoms with Gasteiger partial charge in [0.2, 0.25) is 0 Å². The molecular formula is C13H24N2. The van der Waals surface area contributed by atoms with Gasteiger partial charge in [0.25, 0.3) is 0 Å². The monoisotopic (exact) mass is 208 g/mol. The van der Waals surface area contributed by atoms with E-state index in [0.29, 0.717) is 5.54 Å². The van der Waals surface area contributed by atoms with Crippen molar-refractivity contribution < 1.29 is 0 Å². The van der Waals surface area contributed by atoms with E-state index in [1.165, 1.54) is 38.5 Å². The minimum absolute atomic E-state index is 0.500. The van der Waals surface area contributed by atoms with E-state index in [1.54, 1.807) is 0 Å². The molecule has 0 heterocycles. The summed E-state index contributed by atoms with van der Waals surface area (Å²) in [6.45, 7) is 3.34. The average Bonchev–Trinajstić information content (AvgIpc) is 2.14. The van der Waals surface area contributed by atoms with E-state index in [2.05, 4.69) is 24.4 Å². The van der Waals surface area contributed by atoms with Crippen molar-refractivity contribution in [3.05, 3.63) is 0 Å². The minimum Gasteiger partial charge on any atom is -0.249 e. The van der Waals surface area contributed by atoms with Crippen molar-refractivity contribution >= 4 is 0 Å². The molecule has 0 aromatic rings. The molecule has 2 nitrogen and oxygen atoms in total. The van der Waals surface area contributed by atoms with Crippen LogP contribution in [0.3, 0.4) is 0 Å². The molecule has 15 heavy (non-hydrogen) atoms. The minimum atomic E-state index is 0.500. The van der Waals surface area contributed by atoms with E-state index in [9.17, 15) is 0 Å². The Kier molecular flexibility index (Phi) is 2.33. The Hall–Kier alpha value is -0.0800. The highest BCUT2D eigenvalue weighted by molar-refractivity contribution is 5.05. The Morgan fingerprint density at radius 3 is 1.93 bits per heavy atom. The number of hydrogen-bond donors (Lipinski definition) is 1. The highest BCUT2D eigenvalue weighted by Gasteiger charge is 2.51. The molecule has 0 amide bonds. The largest absolute Gasteiger partial charge is 0.249 e. The number of rotatable bonds is 3. The topological polar surface area (TPSA) is 15.3 Å². The molecule has 2 heteroatoms. The fourth-order valence-electron chi connectivity index (χ4n) is 4.73. The molecule has 0 atom stereocenters. The van der Waals surface area contributed by atoms with Gasteiger partial charge >= 0.3 is 0 Å². The van der Waals surface area contributed by atoms with Gasteiger partial charge in [0.15, 0.2) is 0 Å². The van der Waals surface area contributed by atoms with Crippen LogP contribution >= 0.6 is 0 Å². The first kappa shape index (κ1) is 10.1. The molecule has 1 N–H and O–H groups in total. The lowest BCUT2D eigenvalue weighted by Gasteiger charge is -2.57. The van der Waals surface area contributed by atoms with Gasteiger partial charge in [-0.15, -0.1) is 0 Å². The van der Waals surface area contributed by atoms with Gasteiger partial charge in [0.05, 0.1) is 0 Å². The van der Waals surface area contributed by atoms with Crippen molar-refractivity contribution in [2.75, 3.05) is 13.6 Å². The average molecular weight is 208 g/mol. The SMILES string of the molecule is CCN(C)NC12CC3CC(CC(C3)C1)C2. The van der Waals surface area contributed by atoms with Crippen LogP contribution in [0.25, 0.3) is 0 Å². The maximum Gasteiger partial charge on any atom is 0.0334 e. The molecule has 0 radical (unpaired) electrons. The molecule has 0 saturated heterocycles. The van der Waals surface area contributed by atoms with Crippen molar-refractivity contribution in [3.8, 4) is 0 Å². The fourth-order valence-corrected chi connectivity index (χ4v) is 4.73. The van der Waals surface area contributed by atoms with Crippen molar-refractivity contribution in [1.29, 1.82) is 0 Å². The van der Waals surface area contributed by atoms with Crippen molar-refractivity contribution in [1.82, 2.24) is 10.4 Å². The molecule has 0 aliphatic heterocycles. The van der Waals surface area contributed by atoms with Gasteiger partial charge < -0.3 is 0 Å². The summed E-state index contributed by atoms with van der Waals surface area (Å²) in [5.41, 5.74) is 4.31. The van der Waals surface area contributed by atoms with Crippen LogP contribution < -0.4 is 5.43 Å². The summed E-state index contributed by atoms with van der Waals surface area (Å²) in [6, 6.07) is 0. The summed E-state index contributed by atoms with van der Waals surface area (Å²) in [5.74, 6) is 3.15. The van der Waals surface area contributed by atoms with Crippen molar-refractivity contribution in [2.24, 2.45) is 17.8 Å². The number of nitrogens with zero attached hydrogens (tertiary/aromatic N) is 1. The second kappa shape index (κ2) is 3.46. The van der Waals surface area contributed by atoms with E-state index in [-0.39, 0.29) is 0 Å². The lowest BCUT2D eigenvalue weighted by molar-refractivity contribution is -0.0523. The third-order valence-electron chi connectivity index (χ3n) is 4.94. The molecule has 4 fully saturated rings. The zero-order valence-electron chi connectivity index (χ0n) is 10.1. The van der Waals surface area contributed by atoms with Crippen molar-refractivity contribution in [2.45, 2.75) is 51.0 Å². The molecule has 0 aromatic heterocycles. The van der Waals surface area contributed by atoms with Crippen LogP contribution in [-0.4, -0.2) is 24.1 Å². The summed E-state index contributed by atoms with van der Waals surface area (Å²) in [7, 11) is 2.19. The number of hydrazine groups is 1. The first-order chi connectivity index (χ1) is 7.19. The van der Waals surface area contributed by atoms with Crippen LogP contribution in [0.5, 0.6) is 0 Å². The summed E-state index contributed by atoms with van der Waals surface area (Å²) < 4.78 is 0. The van der Waals surface area contributed by atoms with Gasteiger partial charge in [-0.2, -0.15) is 0 Å². The molecule has 4 aliphatic carbocycles. The zero-order chi connectivity index (χ0) is 10.5. The van der Waals surface area contributed by atoms with Gasteiger partial charge in [-0.1, -0.05) is 6.92 Å². The van der Waals surface area contributed by atoms with Crippen molar-refractivity contribution in [3.63, 3.8) is 0 Å². The zero-order valence-corrected chi connectivity index (χ0v) is 10.1. The molecule has 0 aromatic carbocycles. The number of nitrogens with one attached hydrogen (secondary N) is 1. The standard InChI is InChI=1S/C13H24N2/c1-3-15(2)14-13-7-10-4-11(8-13)6-12(5-10)9-13/h10-12,14H,3-9H2,1-2H3. The Morgan fingerprint density at radius 1 is 1.07 bits per heavy atom. The lowest BCUT2D eigenvalue weighted by Crippen LogP contribution is -2.62. The summed E-state index contributed by atoms with van der Waals surface area (Å²) in [6.07, 6.45) is 8.96. The Labute approximate surface area is 93.4 Å². The quantitative estimate of drug-likeness (QED) is 0.717. The second-order valence-corrected chi connectivity index (χ2v) is 6.32. The first-order valence-electron chi connectivity index (χ1n) is 6.68. The maximum atomic E-state index is 3.81. The van der Waals surface area contributed by atoms with E-state index in [1.807, 2.05) is 0 Å². The van der Waals surface area contributed by atoms with E-state index in [4.69, 9.17) is 0 Å². The van der Waals surface area contributed by atoms with Gasteiger partial charge in [-0.05, 0) is 56.3 Å². The fraction of sp³-hybridized carbons (Fsp3) is 1.00. The van der Waals surface area contributed by atoms with Crippen LogP contribution in [0.4, 0.5) is 0 Å². The Balaban J connectivity index is 1.75. The van der Waals surface area contributed by atoms with Gasteiger partial charge in [-0.25, -0.2) is 10.4 Å².